The quantitative estimate of drug-likeness (QED) is 0.495. The monoisotopic (exact) mass is 371 g/mol. The standard InChI is InChI=1S/C24H21NO3/c26-23-21-10-5-4-9-19(21)20-12-11-18(15-22(20)23)24(27)25-13-6-14-28-16-17-7-2-1-3-8-17/h1-5,7-12,15H,6,13-14,16H2,(H,25,27). The van der Waals surface area contributed by atoms with Gasteiger partial charge in [-0.1, -0.05) is 60.7 Å². The molecule has 0 atom stereocenters. The van der Waals surface area contributed by atoms with Crippen molar-refractivity contribution in [1.29, 1.82) is 0 Å². The van der Waals surface area contributed by atoms with Crippen LogP contribution in [0.1, 0.15) is 38.3 Å². The molecule has 0 heterocycles. The molecule has 3 aromatic rings. The van der Waals surface area contributed by atoms with Crippen LogP contribution in [0.5, 0.6) is 0 Å². The predicted molar refractivity (Wildman–Crippen MR) is 108 cm³/mol. The largest absolute Gasteiger partial charge is 0.377 e. The first-order chi connectivity index (χ1) is 13.7. The van der Waals surface area contributed by atoms with Crippen molar-refractivity contribution in [2.45, 2.75) is 13.0 Å². The zero-order valence-electron chi connectivity index (χ0n) is 15.5. The van der Waals surface area contributed by atoms with E-state index in [1.165, 1.54) is 0 Å². The molecular weight excluding hydrogens is 350 g/mol. The van der Waals surface area contributed by atoms with Crippen LogP contribution in [0.15, 0.2) is 72.8 Å². The third-order valence-corrected chi connectivity index (χ3v) is 4.85. The Hall–Kier alpha value is -3.24. The van der Waals surface area contributed by atoms with Crippen LogP contribution in [0.2, 0.25) is 0 Å². The van der Waals surface area contributed by atoms with Crippen molar-refractivity contribution in [2.75, 3.05) is 13.2 Å². The summed E-state index contributed by atoms with van der Waals surface area (Å²) < 4.78 is 5.62. The van der Waals surface area contributed by atoms with Gasteiger partial charge in [-0.3, -0.25) is 9.59 Å². The molecule has 0 radical (unpaired) electrons. The number of carbonyl (C=O) groups is 2. The highest BCUT2D eigenvalue weighted by molar-refractivity contribution is 6.22. The van der Waals surface area contributed by atoms with Gasteiger partial charge in [0.25, 0.3) is 5.91 Å². The Bertz CT molecular complexity index is 1010. The zero-order chi connectivity index (χ0) is 19.3. The average Bonchev–Trinajstić information content (AvgIpc) is 3.03. The lowest BCUT2D eigenvalue weighted by atomic mass is 10.0. The van der Waals surface area contributed by atoms with Crippen LogP contribution >= 0.6 is 0 Å². The van der Waals surface area contributed by atoms with E-state index in [0.717, 1.165) is 23.1 Å². The first-order valence-corrected chi connectivity index (χ1v) is 9.42. The van der Waals surface area contributed by atoms with Gasteiger partial charge in [0.2, 0.25) is 0 Å². The van der Waals surface area contributed by atoms with Gasteiger partial charge < -0.3 is 10.1 Å². The molecule has 1 aliphatic rings. The van der Waals surface area contributed by atoms with Gasteiger partial charge in [0, 0.05) is 29.8 Å². The van der Waals surface area contributed by atoms with E-state index in [9.17, 15) is 9.59 Å². The van der Waals surface area contributed by atoms with Crippen LogP contribution in [0.25, 0.3) is 11.1 Å². The van der Waals surface area contributed by atoms with Gasteiger partial charge >= 0.3 is 0 Å². The van der Waals surface area contributed by atoms with E-state index in [2.05, 4.69) is 5.32 Å². The van der Waals surface area contributed by atoms with Crippen LogP contribution in [-0.2, 0) is 11.3 Å². The Morgan fingerprint density at radius 3 is 2.36 bits per heavy atom. The summed E-state index contributed by atoms with van der Waals surface area (Å²) in [7, 11) is 0. The molecule has 4 rings (SSSR count). The number of hydrogen-bond acceptors (Lipinski definition) is 3. The molecule has 0 saturated carbocycles. The third-order valence-electron chi connectivity index (χ3n) is 4.85. The minimum absolute atomic E-state index is 0.0189. The smallest absolute Gasteiger partial charge is 0.251 e. The highest BCUT2D eigenvalue weighted by Gasteiger charge is 2.26. The normalized spacial score (nSPS) is 11.8. The van der Waals surface area contributed by atoms with Gasteiger partial charge in [0.15, 0.2) is 5.78 Å². The van der Waals surface area contributed by atoms with E-state index >= 15 is 0 Å². The van der Waals surface area contributed by atoms with E-state index in [-0.39, 0.29) is 11.7 Å². The fourth-order valence-electron chi connectivity index (χ4n) is 3.41. The maximum absolute atomic E-state index is 12.6. The molecule has 28 heavy (non-hydrogen) atoms. The van der Waals surface area contributed by atoms with E-state index in [1.54, 1.807) is 12.1 Å². The Labute approximate surface area is 164 Å². The highest BCUT2D eigenvalue weighted by Crippen LogP contribution is 2.36. The Kier molecular flexibility index (Phi) is 5.31. The molecule has 140 valence electrons. The molecule has 0 spiro atoms. The summed E-state index contributed by atoms with van der Waals surface area (Å²) in [6.45, 7) is 1.67. The van der Waals surface area contributed by atoms with Gasteiger partial charge in [-0.25, -0.2) is 0 Å². The third kappa shape index (κ3) is 3.73. The van der Waals surface area contributed by atoms with Crippen LogP contribution < -0.4 is 5.32 Å². The van der Waals surface area contributed by atoms with Crippen molar-refractivity contribution in [3.63, 3.8) is 0 Å². The summed E-state index contributed by atoms with van der Waals surface area (Å²) in [5.74, 6) is -0.191. The van der Waals surface area contributed by atoms with Gasteiger partial charge in [-0.05, 0) is 35.2 Å². The first-order valence-electron chi connectivity index (χ1n) is 9.42. The van der Waals surface area contributed by atoms with E-state index in [0.29, 0.717) is 36.4 Å². The summed E-state index contributed by atoms with van der Waals surface area (Å²) in [4.78, 5) is 25.0. The molecule has 0 saturated heterocycles. The zero-order valence-corrected chi connectivity index (χ0v) is 15.5. The van der Waals surface area contributed by atoms with E-state index in [4.69, 9.17) is 4.74 Å². The lowest BCUT2D eigenvalue weighted by Gasteiger charge is -2.08. The predicted octanol–water partition coefficient (Wildman–Crippen LogP) is 4.23. The summed E-state index contributed by atoms with van der Waals surface area (Å²) >= 11 is 0. The van der Waals surface area contributed by atoms with Crippen molar-refractivity contribution < 1.29 is 14.3 Å². The van der Waals surface area contributed by atoms with Crippen molar-refractivity contribution in [2.24, 2.45) is 0 Å². The van der Waals surface area contributed by atoms with Crippen molar-refractivity contribution in [3.8, 4) is 11.1 Å². The fraction of sp³-hybridized carbons (Fsp3) is 0.167. The Balaban J connectivity index is 1.29. The summed E-state index contributed by atoms with van der Waals surface area (Å²) in [5, 5.41) is 2.89. The molecule has 0 unspecified atom stereocenters. The summed E-state index contributed by atoms with van der Waals surface area (Å²) in [5.41, 5.74) is 4.77. The molecule has 1 amide bonds. The fourth-order valence-corrected chi connectivity index (χ4v) is 3.41. The van der Waals surface area contributed by atoms with Crippen LogP contribution in [0, 0.1) is 0 Å². The second-order valence-electron chi connectivity index (χ2n) is 6.78. The molecule has 4 nitrogen and oxygen atoms in total. The molecule has 0 bridgehead atoms. The van der Waals surface area contributed by atoms with Crippen LogP contribution in [0.4, 0.5) is 0 Å². The van der Waals surface area contributed by atoms with E-state index in [1.807, 2.05) is 60.7 Å². The maximum Gasteiger partial charge on any atom is 0.251 e. The summed E-state index contributed by atoms with van der Waals surface area (Å²) in [6, 6.07) is 22.9. The molecule has 3 aromatic carbocycles. The number of carbonyl (C=O) groups excluding carboxylic acids is 2. The molecule has 0 fully saturated rings. The first kappa shape index (κ1) is 18.1. The van der Waals surface area contributed by atoms with Crippen molar-refractivity contribution in [1.82, 2.24) is 5.32 Å². The van der Waals surface area contributed by atoms with Crippen LogP contribution in [-0.4, -0.2) is 24.8 Å². The SMILES string of the molecule is O=C(NCCCOCc1ccccc1)c1ccc2c(c1)C(=O)c1ccccc1-2. The number of ether oxygens (including phenoxy) is 1. The lowest BCUT2D eigenvalue weighted by Crippen LogP contribution is -2.25. The van der Waals surface area contributed by atoms with Crippen molar-refractivity contribution in [3.05, 3.63) is 95.1 Å². The van der Waals surface area contributed by atoms with Gasteiger partial charge in [0.1, 0.15) is 0 Å². The number of amides is 1. The minimum atomic E-state index is -0.172. The lowest BCUT2D eigenvalue weighted by molar-refractivity contribution is 0.0934. The number of fused-ring (bicyclic) bond motifs is 3. The number of nitrogens with one attached hydrogen (secondary N) is 1. The Morgan fingerprint density at radius 1 is 0.821 bits per heavy atom. The molecular formula is C24H21NO3. The number of ketones is 1. The number of rotatable bonds is 7. The highest BCUT2D eigenvalue weighted by atomic mass is 16.5. The molecule has 1 N–H and O–H groups in total. The topological polar surface area (TPSA) is 55.4 Å². The maximum atomic E-state index is 12.6. The average molecular weight is 371 g/mol. The number of hydrogen-bond donors (Lipinski definition) is 1. The van der Waals surface area contributed by atoms with Crippen LogP contribution in [0.3, 0.4) is 0 Å². The van der Waals surface area contributed by atoms with Gasteiger partial charge in [-0.15, -0.1) is 0 Å². The summed E-state index contributed by atoms with van der Waals surface area (Å²) in [6.07, 6.45) is 0.730. The van der Waals surface area contributed by atoms with Crippen molar-refractivity contribution >= 4 is 11.7 Å². The second-order valence-corrected chi connectivity index (χ2v) is 6.78. The van der Waals surface area contributed by atoms with Gasteiger partial charge in [-0.2, -0.15) is 0 Å². The van der Waals surface area contributed by atoms with Gasteiger partial charge in [0.05, 0.1) is 6.61 Å². The second kappa shape index (κ2) is 8.19. The Morgan fingerprint density at radius 2 is 1.54 bits per heavy atom. The number of benzene rings is 3. The van der Waals surface area contributed by atoms with E-state index < -0.39 is 0 Å². The molecule has 0 aliphatic heterocycles. The minimum Gasteiger partial charge on any atom is -0.377 e. The molecule has 0 aromatic heterocycles. The molecule has 1 aliphatic carbocycles. The molecule has 4 heteroatoms.